The molecule has 11 atom stereocenters. The summed E-state index contributed by atoms with van der Waals surface area (Å²) in [6.45, 7) is 7.97. The van der Waals surface area contributed by atoms with Crippen LogP contribution in [0.4, 0.5) is 4.79 Å². The van der Waals surface area contributed by atoms with Gasteiger partial charge in [0.05, 0.1) is 30.3 Å². The van der Waals surface area contributed by atoms with Gasteiger partial charge in [-0.1, -0.05) is 13.8 Å². The number of hydrogen-bond donors (Lipinski definition) is 6. The quantitative estimate of drug-likeness (QED) is 0.0611. The number of esters is 2. The molecule has 6 N–H and O–H groups in total. The Hall–Kier alpha value is -0.177. The summed E-state index contributed by atoms with van der Waals surface area (Å²) in [5.74, 6) is -2.09. The van der Waals surface area contributed by atoms with Crippen LogP contribution in [0.5, 0.6) is 0 Å². The molecule has 14 nitrogen and oxygen atoms in total. The summed E-state index contributed by atoms with van der Waals surface area (Å²) in [5.41, 5.74) is -7.31. The third-order valence-corrected chi connectivity index (χ3v) is 10.5. The molecule has 1 saturated heterocycles. The smallest absolute Gasteiger partial charge is 0.407 e. The van der Waals surface area contributed by atoms with Crippen molar-refractivity contribution in [2.24, 2.45) is 16.7 Å². The van der Waals surface area contributed by atoms with Crippen LogP contribution in [0.25, 0.3) is 0 Å². The van der Waals surface area contributed by atoms with Crippen LogP contribution in [0.1, 0.15) is 60.8 Å². The fourth-order valence-corrected chi connectivity index (χ4v) is 7.72. The molecule has 3 aliphatic carbocycles. The summed E-state index contributed by atoms with van der Waals surface area (Å²) in [7, 11) is 0. The van der Waals surface area contributed by atoms with E-state index in [-0.39, 0.29) is 125 Å². The number of rotatable bonds is 7. The van der Waals surface area contributed by atoms with Crippen molar-refractivity contribution in [2.45, 2.75) is 115 Å². The van der Waals surface area contributed by atoms with Crippen molar-refractivity contribution >= 4 is 23.8 Å². The molecule has 1 heterocycles. The summed E-state index contributed by atoms with van der Waals surface area (Å²) < 4.78 is 21.8. The van der Waals surface area contributed by atoms with Gasteiger partial charge in [0.2, 0.25) is 0 Å². The molecule has 1 amide bonds. The van der Waals surface area contributed by atoms with E-state index in [1.807, 2.05) is 0 Å². The third kappa shape index (κ3) is 7.17. The van der Waals surface area contributed by atoms with Crippen LogP contribution < -0.4 is 5.32 Å². The zero-order valence-electron chi connectivity index (χ0n) is 27.4. The van der Waals surface area contributed by atoms with E-state index in [1.54, 1.807) is 0 Å². The molecule has 0 aromatic heterocycles. The van der Waals surface area contributed by atoms with Crippen LogP contribution in [0, 0.1) is 117 Å². The van der Waals surface area contributed by atoms with Gasteiger partial charge in [-0.2, -0.15) is 0 Å². The van der Waals surface area contributed by atoms with Gasteiger partial charge in [0.15, 0.2) is 11.9 Å². The first kappa shape index (κ1) is 43.0. The number of ether oxygens (including phenoxy) is 4. The average Bonchev–Trinajstić information content (AvgIpc) is 2.95. The molecule has 1 unspecified atom stereocenters. The minimum absolute atomic E-state index is 0. The van der Waals surface area contributed by atoms with Crippen LogP contribution in [-0.2, 0) is 33.3 Å². The second kappa shape index (κ2) is 15.6. The maximum atomic E-state index is 14.2. The van der Waals surface area contributed by atoms with Crippen LogP contribution in [-0.4, -0.2) is 116 Å². The minimum Gasteiger partial charge on any atom is -0.459 e. The first-order valence-electron chi connectivity index (χ1n) is 14.9. The summed E-state index contributed by atoms with van der Waals surface area (Å²) in [4.78, 5) is 52.0. The number of carbonyl (C=O) groups is 4. The Balaban J connectivity index is 0.00000384. The normalized spacial score (nSPS) is 38.0. The number of alkyl carbamates (subject to hydrolysis) is 1. The first-order chi connectivity index (χ1) is 20.8. The zero-order chi connectivity index (χ0) is 33.9. The van der Waals surface area contributed by atoms with E-state index in [1.165, 1.54) is 34.6 Å². The number of Topliss-reactive ketones (excluding diaryl/α,β-unsaturated/α-hetero) is 1. The monoisotopic (exact) mass is 1090 g/mol. The molecule has 0 aromatic rings. The molecule has 256 valence electrons. The Morgan fingerprint density at radius 2 is 1.77 bits per heavy atom. The molecule has 2 saturated carbocycles. The van der Waals surface area contributed by atoms with Gasteiger partial charge in [-0.05, 0) is 31.9 Å². The molecule has 0 spiro atoms. The molecule has 4 rings (SSSR count). The predicted molar refractivity (Wildman–Crippen MR) is 153 cm³/mol. The van der Waals surface area contributed by atoms with Gasteiger partial charge in [0.1, 0.15) is 36.1 Å². The molecule has 16 heteroatoms. The van der Waals surface area contributed by atoms with Crippen molar-refractivity contribution < 1.29 is 152 Å². The van der Waals surface area contributed by atoms with E-state index in [2.05, 4.69) is 11.2 Å². The summed E-state index contributed by atoms with van der Waals surface area (Å²) >= 11 is 0. The number of amides is 1. The molecule has 1 aliphatic heterocycles. The Morgan fingerprint density at radius 3 is 2.30 bits per heavy atom. The van der Waals surface area contributed by atoms with Crippen molar-refractivity contribution in [3.05, 3.63) is 11.1 Å². The Labute approximate surface area is 345 Å². The fraction of sp³-hybridized carbons (Fsp3) is 0.742. The van der Waals surface area contributed by atoms with Gasteiger partial charge in [-0.3, -0.25) is 9.59 Å². The predicted octanol–water partition coefficient (Wildman–Crippen LogP) is -0.733. The van der Waals surface area contributed by atoms with Crippen molar-refractivity contribution in [3.8, 4) is 12.3 Å². The van der Waals surface area contributed by atoms with Gasteiger partial charge in [0, 0.05) is 126 Å². The largest absolute Gasteiger partial charge is 0.459 e. The molecular formula is C31H43Ac2NO13. The number of nitrogens with one attached hydrogen (secondary N) is 1. The van der Waals surface area contributed by atoms with E-state index in [9.17, 15) is 44.7 Å². The maximum absolute atomic E-state index is 14.2. The minimum atomic E-state index is -2.21. The molecule has 0 aromatic carbocycles. The van der Waals surface area contributed by atoms with Crippen LogP contribution >= 0.6 is 0 Å². The first-order valence-corrected chi connectivity index (χ1v) is 14.9. The van der Waals surface area contributed by atoms with Crippen LogP contribution in [0.2, 0.25) is 0 Å². The number of ketones is 1. The second-order valence-electron chi connectivity index (χ2n) is 13.3. The van der Waals surface area contributed by atoms with Crippen LogP contribution in [0.15, 0.2) is 11.1 Å². The Kier molecular flexibility index (Phi) is 14.3. The molecule has 47 heavy (non-hydrogen) atoms. The van der Waals surface area contributed by atoms with E-state index in [0.717, 1.165) is 6.92 Å². The van der Waals surface area contributed by atoms with E-state index >= 15 is 0 Å². The number of carbonyl (C=O) groups excluding carboxylic acids is 4. The fourth-order valence-electron chi connectivity index (χ4n) is 7.72. The SMILES string of the molecule is C#CCCOC(=O)N[C@@H](C)[C@@H](O)C(=O)OC1C[C@@]2(O)[C@@H](OC(C)=O)[C@@H]3[C@]4(O)CO[C@@H]4C[C@H](O)[C@@]3(C)C(=O)[C@H](O)C(=C1C)C2(C)C.[Ac].[Ac]. The summed E-state index contributed by atoms with van der Waals surface area (Å²) in [6.07, 6.45) is -5.50. The molecular weight excluding hydrogens is 1050 g/mol. The second-order valence-corrected chi connectivity index (χ2v) is 13.3. The molecule has 4 aliphatic rings. The molecule has 2 radical (unpaired) electrons. The third-order valence-electron chi connectivity index (χ3n) is 10.5. The Morgan fingerprint density at radius 1 is 1.15 bits per heavy atom. The zero-order valence-corrected chi connectivity index (χ0v) is 36.9. The van der Waals surface area contributed by atoms with E-state index in [0.29, 0.717) is 0 Å². The van der Waals surface area contributed by atoms with Crippen LogP contribution in [0.3, 0.4) is 0 Å². The van der Waals surface area contributed by atoms with Crippen molar-refractivity contribution in [2.75, 3.05) is 13.2 Å². The number of hydrogen-bond acceptors (Lipinski definition) is 13. The molecule has 2 bridgehead atoms. The van der Waals surface area contributed by atoms with E-state index in [4.69, 9.17) is 25.4 Å². The number of aliphatic hydroxyl groups is 5. The summed E-state index contributed by atoms with van der Waals surface area (Å²) in [6, 6.07) is -1.19. The standard InChI is InChI=1S/C31H43NO13.2Ac/c1-8-9-10-42-27(39)32-15(3)21(35)26(38)45-17-12-31(41)25(44-16(4)33)23-29(7,18(34)11-19-30(23,40)13-43-19)24(37)22(36)20(14(17)2)28(31,5)6;;/h1,15,17-19,21-23,25,34-36,40-41H,9-13H2,2-7H3,(H,32,39);;/t15-,17?,18-,19+,21+,22+,23-,25-,29+,30-,31+;;/m0../s1. The van der Waals surface area contributed by atoms with Gasteiger partial charge >= 0.3 is 18.0 Å². The number of terminal acetylenes is 1. The van der Waals surface area contributed by atoms with Crippen molar-refractivity contribution in [3.63, 3.8) is 0 Å². The molecule has 3 fully saturated rings. The average molecular weight is 1090 g/mol. The van der Waals surface area contributed by atoms with Gasteiger partial charge in [-0.25, -0.2) is 9.59 Å². The van der Waals surface area contributed by atoms with Gasteiger partial charge in [0.25, 0.3) is 0 Å². The van der Waals surface area contributed by atoms with Gasteiger partial charge in [-0.15, -0.1) is 12.3 Å². The number of fused-ring (bicyclic) bond motifs is 5. The number of aliphatic hydroxyl groups excluding tert-OH is 3. The van der Waals surface area contributed by atoms with Crippen molar-refractivity contribution in [1.29, 1.82) is 0 Å². The maximum Gasteiger partial charge on any atom is 0.407 e. The Bertz CT molecular complexity index is 1330. The van der Waals surface area contributed by atoms with Gasteiger partial charge < -0.3 is 49.8 Å². The topological polar surface area (TPSA) is 218 Å². The van der Waals surface area contributed by atoms with E-state index < -0.39 is 101 Å². The van der Waals surface area contributed by atoms with Crippen molar-refractivity contribution in [1.82, 2.24) is 5.32 Å². The summed E-state index contributed by atoms with van der Waals surface area (Å²) in [5, 5.41) is 60.5.